The zero-order valence-corrected chi connectivity index (χ0v) is 13.1. The van der Waals surface area contributed by atoms with Crippen LogP contribution in [0.2, 0.25) is 5.02 Å². The third kappa shape index (κ3) is 2.75. The summed E-state index contributed by atoms with van der Waals surface area (Å²) in [5.74, 6) is 2.03. The molecule has 2 atom stereocenters. The largest absolute Gasteiger partial charge is 0.398 e. The average molecular weight is 306 g/mol. The van der Waals surface area contributed by atoms with Crippen LogP contribution in [0, 0.1) is 11.8 Å². The van der Waals surface area contributed by atoms with Crippen LogP contribution >= 0.6 is 11.6 Å². The molecule has 5 nitrogen and oxygen atoms in total. The highest BCUT2D eigenvalue weighted by Crippen LogP contribution is 2.39. The molecule has 112 valence electrons. The minimum absolute atomic E-state index is 0.310. The molecule has 0 spiro atoms. The van der Waals surface area contributed by atoms with Gasteiger partial charge in [-0.05, 0) is 53.7 Å². The van der Waals surface area contributed by atoms with Crippen LogP contribution in [-0.4, -0.2) is 20.2 Å². The third-order valence-corrected chi connectivity index (χ3v) is 4.58. The Bertz CT molecular complexity index is 608. The van der Waals surface area contributed by atoms with Gasteiger partial charge in [0.2, 0.25) is 0 Å². The number of hydrogen-bond acceptors (Lipinski definition) is 4. The minimum Gasteiger partial charge on any atom is -0.398 e. The van der Waals surface area contributed by atoms with E-state index in [2.05, 4.69) is 29.4 Å². The summed E-state index contributed by atoms with van der Waals surface area (Å²) < 4.78 is 1.91. The van der Waals surface area contributed by atoms with Gasteiger partial charge in [0.25, 0.3) is 0 Å². The molecule has 0 aliphatic heterocycles. The maximum atomic E-state index is 6.30. The van der Waals surface area contributed by atoms with E-state index in [1.807, 2.05) is 22.9 Å². The number of hydrogen-bond donors (Lipinski definition) is 1. The van der Waals surface area contributed by atoms with Crippen molar-refractivity contribution in [2.24, 2.45) is 11.8 Å². The number of nitrogens with two attached hydrogens (primary N) is 1. The van der Waals surface area contributed by atoms with E-state index in [1.54, 1.807) is 0 Å². The highest BCUT2D eigenvalue weighted by atomic mass is 35.5. The van der Waals surface area contributed by atoms with Gasteiger partial charge in [-0.15, -0.1) is 5.10 Å². The highest BCUT2D eigenvalue weighted by Gasteiger charge is 2.29. The molecule has 2 unspecified atom stereocenters. The molecule has 2 aromatic rings. The molecule has 3 rings (SSSR count). The predicted molar refractivity (Wildman–Crippen MR) is 83.9 cm³/mol. The van der Waals surface area contributed by atoms with Crippen LogP contribution in [0.4, 0.5) is 5.69 Å². The molecule has 2 N–H and O–H groups in total. The summed E-state index contributed by atoms with van der Waals surface area (Å²) in [6, 6.07) is 5.79. The van der Waals surface area contributed by atoms with E-state index in [-0.39, 0.29) is 0 Å². The Morgan fingerprint density at radius 1 is 1.19 bits per heavy atom. The number of halogens is 1. The van der Waals surface area contributed by atoms with Crippen molar-refractivity contribution in [3.8, 4) is 11.4 Å². The first kappa shape index (κ1) is 14.3. The Kier molecular flexibility index (Phi) is 3.85. The van der Waals surface area contributed by atoms with Gasteiger partial charge < -0.3 is 5.73 Å². The SMILES string of the molecule is CC1CC(C)CC(n2nnnc2-c2c(N)cccc2Cl)C1. The molecule has 0 amide bonds. The van der Waals surface area contributed by atoms with E-state index < -0.39 is 0 Å². The molecule has 21 heavy (non-hydrogen) atoms. The summed E-state index contributed by atoms with van der Waals surface area (Å²) in [5.41, 5.74) is 7.41. The zero-order chi connectivity index (χ0) is 15.0. The summed E-state index contributed by atoms with van der Waals surface area (Å²) in [6.45, 7) is 4.58. The maximum Gasteiger partial charge on any atom is 0.185 e. The van der Waals surface area contributed by atoms with Crippen molar-refractivity contribution in [3.05, 3.63) is 23.2 Å². The number of tetrazole rings is 1. The molecule has 1 heterocycles. The van der Waals surface area contributed by atoms with Gasteiger partial charge in [-0.3, -0.25) is 0 Å². The van der Waals surface area contributed by atoms with Crippen molar-refractivity contribution in [3.63, 3.8) is 0 Å². The van der Waals surface area contributed by atoms with Crippen LogP contribution in [0.25, 0.3) is 11.4 Å². The second-order valence-electron chi connectivity index (χ2n) is 6.22. The molecule has 1 aliphatic rings. The van der Waals surface area contributed by atoms with Gasteiger partial charge in [-0.25, -0.2) is 4.68 Å². The van der Waals surface area contributed by atoms with Gasteiger partial charge in [-0.2, -0.15) is 0 Å². The fourth-order valence-electron chi connectivity index (χ4n) is 3.49. The Morgan fingerprint density at radius 2 is 1.90 bits per heavy atom. The van der Waals surface area contributed by atoms with E-state index in [9.17, 15) is 0 Å². The number of nitrogens with zero attached hydrogens (tertiary/aromatic N) is 4. The second-order valence-corrected chi connectivity index (χ2v) is 6.63. The lowest BCUT2D eigenvalue weighted by Crippen LogP contribution is -2.24. The summed E-state index contributed by atoms with van der Waals surface area (Å²) in [6.07, 6.45) is 3.45. The highest BCUT2D eigenvalue weighted by molar-refractivity contribution is 6.33. The van der Waals surface area contributed by atoms with Gasteiger partial charge in [0.15, 0.2) is 5.82 Å². The molecule has 1 aliphatic carbocycles. The quantitative estimate of drug-likeness (QED) is 0.861. The minimum atomic E-state index is 0.310. The van der Waals surface area contributed by atoms with E-state index in [0.29, 0.717) is 34.4 Å². The van der Waals surface area contributed by atoms with Crippen molar-refractivity contribution < 1.29 is 0 Å². The molecule has 0 bridgehead atoms. The molecular formula is C15H20ClN5. The van der Waals surface area contributed by atoms with Crippen LogP contribution in [0.5, 0.6) is 0 Å². The molecule has 1 fully saturated rings. The van der Waals surface area contributed by atoms with Gasteiger partial charge in [0.05, 0.1) is 16.6 Å². The van der Waals surface area contributed by atoms with Crippen molar-refractivity contribution in [1.29, 1.82) is 0 Å². The molecule has 0 saturated heterocycles. The summed E-state index contributed by atoms with van der Waals surface area (Å²) in [4.78, 5) is 0. The third-order valence-electron chi connectivity index (χ3n) is 4.26. The van der Waals surface area contributed by atoms with Crippen LogP contribution in [0.3, 0.4) is 0 Å². The summed E-state index contributed by atoms with van der Waals surface area (Å²) in [7, 11) is 0. The van der Waals surface area contributed by atoms with E-state index in [1.165, 1.54) is 6.42 Å². The number of rotatable bonds is 2. The lowest BCUT2D eigenvalue weighted by molar-refractivity contribution is 0.209. The Hall–Kier alpha value is -1.62. The first-order chi connectivity index (χ1) is 10.1. The topological polar surface area (TPSA) is 69.6 Å². The molecule has 1 aromatic carbocycles. The monoisotopic (exact) mass is 305 g/mol. The smallest absolute Gasteiger partial charge is 0.185 e. The van der Waals surface area contributed by atoms with Crippen molar-refractivity contribution in [2.45, 2.75) is 39.2 Å². The Balaban J connectivity index is 2.01. The van der Waals surface area contributed by atoms with Crippen LogP contribution < -0.4 is 5.73 Å². The standard InChI is InChI=1S/C15H20ClN5/c1-9-6-10(2)8-11(7-9)21-15(18-19-20-21)14-12(16)4-3-5-13(14)17/h3-5,9-11H,6-8,17H2,1-2H3. The average Bonchev–Trinajstić information content (AvgIpc) is 2.86. The van der Waals surface area contributed by atoms with Crippen LogP contribution in [0.15, 0.2) is 18.2 Å². The number of nitrogen functional groups attached to an aromatic ring is 1. The molecule has 1 saturated carbocycles. The Labute approximate surface area is 129 Å². The summed E-state index contributed by atoms with van der Waals surface area (Å²) >= 11 is 6.30. The molecule has 6 heteroatoms. The molecular weight excluding hydrogens is 286 g/mol. The lowest BCUT2D eigenvalue weighted by Gasteiger charge is -2.31. The lowest BCUT2D eigenvalue weighted by atomic mass is 9.80. The van der Waals surface area contributed by atoms with Crippen molar-refractivity contribution >= 4 is 17.3 Å². The summed E-state index contributed by atoms with van der Waals surface area (Å²) in [5, 5.41) is 12.8. The maximum absolute atomic E-state index is 6.30. The first-order valence-electron chi connectivity index (χ1n) is 7.38. The molecule has 0 radical (unpaired) electrons. The van der Waals surface area contributed by atoms with Crippen molar-refractivity contribution in [1.82, 2.24) is 20.2 Å². The second kappa shape index (κ2) is 5.64. The number of anilines is 1. The van der Waals surface area contributed by atoms with Gasteiger partial charge in [0, 0.05) is 5.69 Å². The predicted octanol–water partition coefficient (Wildman–Crippen LogP) is 3.57. The van der Waals surface area contributed by atoms with Crippen molar-refractivity contribution in [2.75, 3.05) is 5.73 Å². The number of aromatic nitrogens is 4. The van der Waals surface area contributed by atoms with Gasteiger partial charge in [-0.1, -0.05) is 31.5 Å². The van der Waals surface area contributed by atoms with Gasteiger partial charge in [0.1, 0.15) is 0 Å². The fourth-order valence-corrected chi connectivity index (χ4v) is 3.75. The van der Waals surface area contributed by atoms with E-state index in [4.69, 9.17) is 17.3 Å². The van der Waals surface area contributed by atoms with Crippen LogP contribution in [-0.2, 0) is 0 Å². The first-order valence-corrected chi connectivity index (χ1v) is 7.76. The Morgan fingerprint density at radius 3 is 2.57 bits per heavy atom. The van der Waals surface area contributed by atoms with E-state index >= 15 is 0 Å². The fraction of sp³-hybridized carbons (Fsp3) is 0.533. The van der Waals surface area contributed by atoms with Crippen LogP contribution in [0.1, 0.15) is 39.2 Å². The molecule has 1 aromatic heterocycles. The number of benzene rings is 1. The normalized spacial score (nSPS) is 26.0. The zero-order valence-electron chi connectivity index (χ0n) is 12.3. The van der Waals surface area contributed by atoms with E-state index in [0.717, 1.165) is 18.4 Å². The van der Waals surface area contributed by atoms with Gasteiger partial charge >= 0.3 is 0 Å².